The van der Waals surface area contributed by atoms with Crippen molar-refractivity contribution in [3.05, 3.63) is 82.9 Å². The predicted octanol–water partition coefficient (Wildman–Crippen LogP) is 8.70. The van der Waals surface area contributed by atoms with Gasteiger partial charge in [-0.2, -0.15) is 8.78 Å². The van der Waals surface area contributed by atoms with E-state index in [1.807, 2.05) is 0 Å². The third-order valence-electron chi connectivity index (χ3n) is 6.58. The van der Waals surface area contributed by atoms with Crippen molar-refractivity contribution in [1.82, 2.24) is 0 Å². The van der Waals surface area contributed by atoms with Gasteiger partial charge in [0, 0.05) is 0 Å². The first-order valence-electron chi connectivity index (χ1n) is 11.3. The van der Waals surface area contributed by atoms with Crippen molar-refractivity contribution in [2.75, 3.05) is 0 Å². The van der Waals surface area contributed by atoms with Crippen LogP contribution >= 0.6 is 0 Å². The summed E-state index contributed by atoms with van der Waals surface area (Å²) in [5.74, 6) is -3.05. The summed E-state index contributed by atoms with van der Waals surface area (Å²) in [6.07, 6.45) is -3.06. The highest BCUT2D eigenvalue weighted by atomic mass is 19.3. The van der Waals surface area contributed by atoms with Crippen molar-refractivity contribution in [2.24, 2.45) is 5.92 Å². The van der Waals surface area contributed by atoms with Gasteiger partial charge in [0.1, 0.15) is 11.6 Å². The van der Waals surface area contributed by atoms with E-state index < -0.39 is 46.6 Å². The standard InChI is InChI=1S/C27H24F6O2/c1-15-2-4-16(5-3-15)17-6-9-19(10-7-17)35-27(32,33)21-12-8-18(14-22(21)28)20-11-13-23(34)25(29)24(20)26(30)31/h6-16,26,34H,2-5H2,1H3. The average Bonchev–Trinajstić information content (AvgIpc) is 2.81. The fourth-order valence-electron chi connectivity index (χ4n) is 4.57. The second-order valence-electron chi connectivity index (χ2n) is 9.00. The minimum Gasteiger partial charge on any atom is -0.505 e. The summed E-state index contributed by atoms with van der Waals surface area (Å²) >= 11 is 0. The van der Waals surface area contributed by atoms with Gasteiger partial charge in [-0.1, -0.05) is 44.0 Å². The summed E-state index contributed by atoms with van der Waals surface area (Å²) in [7, 11) is 0. The molecule has 35 heavy (non-hydrogen) atoms. The van der Waals surface area contributed by atoms with Crippen LogP contribution in [0.3, 0.4) is 0 Å². The van der Waals surface area contributed by atoms with Gasteiger partial charge in [0.15, 0.2) is 11.6 Å². The van der Waals surface area contributed by atoms with Crippen LogP contribution in [0.5, 0.6) is 11.5 Å². The number of phenolic OH excluding ortho intramolecular Hbond substituents is 1. The van der Waals surface area contributed by atoms with E-state index in [9.17, 15) is 31.4 Å². The van der Waals surface area contributed by atoms with Gasteiger partial charge in [0.2, 0.25) is 0 Å². The molecule has 0 heterocycles. The van der Waals surface area contributed by atoms with Crippen LogP contribution in [0.2, 0.25) is 0 Å². The van der Waals surface area contributed by atoms with Gasteiger partial charge < -0.3 is 9.84 Å². The summed E-state index contributed by atoms with van der Waals surface area (Å²) in [6.45, 7) is 2.21. The van der Waals surface area contributed by atoms with Crippen LogP contribution in [-0.4, -0.2) is 5.11 Å². The average molecular weight is 494 g/mol. The second kappa shape index (κ2) is 9.84. The molecule has 4 rings (SSSR count). The second-order valence-corrected chi connectivity index (χ2v) is 9.00. The Hall–Kier alpha value is -3.16. The number of benzene rings is 3. The molecule has 0 radical (unpaired) electrons. The number of rotatable bonds is 6. The molecule has 1 fully saturated rings. The van der Waals surface area contributed by atoms with Crippen LogP contribution in [0.4, 0.5) is 26.3 Å². The minimum atomic E-state index is -4.05. The molecule has 1 aliphatic rings. The Labute approximate surface area is 199 Å². The Morgan fingerprint density at radius 2 is 1.57 bits per heavy atom. The van der Waals surface area contributed by atoms with Crippen molar-refractivity contribution < 1.29 is 36.2 Å². The zero-order valence-corrected chi connectivity index (χ0v) is 18.9. The highest BCUT2D eigenvalue weighted by Crippen LogP contribution is 2.40. The summed E-state index contributed by atoms with van der Waals surface area (Å²) < 4.78 is 89.7. The van der Waals surface area contributed by atoms with Gasteiger partial charge in [-0.25, -0.2) is 17.6 Å². The molecule has 0 spiro atoms. The molecule has 0 unspecified atom stereocenters. The SMILES string of the molecule is CC1CCC(c2ccc(OC(F)(F)c3ccc(-c4ccc(O)c(F)c4C(F)F)cc3F)cc2)CC1. The first-order chi connectivity index (χ1) is 16.6. The molecule has 186 valence electrons. The lowest BCUT2D eigenvalue weighted by Crippen LogP contribution is -2.23. The van der Waals surface area contributed by atoms with Crippen molar-refractivity contribution in [3.8, 4) is 22.6 Å². The van der Waals surface area contributed by atoms with Crippen molar-refractivity contribution in [1.29, 1.82) is 0 Å². The van der Waals surface area contributed by atoms with E-state index in [1.165, 1.54) is 12.1 Å². The highest BCUT2D eigenvalue weighted by molar-refractivity contribution is 5.69. The quantitative estimate of drug-likeness (QED) is 0.347. The number of hydrogen-bond donors (Lipinski definition) is 1. The fraction of sp³-hybridized carbons (Fsp3) is 0.333. The smallest absolute Gasteiger partial charge is 0.429 e. The molecule has 3 aromatic carbocycles. The normalized spacial score (nSPS) is 18.6. The molecule has 0 aliphatic heterocycles. The number of aromatic hydroxyl groups is 1. The number of alkyl halides is 4. The molecule has 1 aliphatic carbocycles. The maximum atomic E-state index is 14.8. The fourth-order valence-corrected chi connectivity index (χ4v) is 4.57. The third-order valence-corrected chi connectivity index (χ3v) is 6.58. The van der Waals surface area contributed by atoms with Crippen LogP contribution in [0.15, 0.2) is 54.6 Å². The van der Waals surface area contributed by atoms with Crippen LogP contribution in [0.1, 0.15) is 61.6 Å². The first-order valence-corrected chi connectivity index (χ1v) is 11.3. The summed E-state index contributed by atoms with van der Waals surface area (Å²) in [5.41, 5.74) is -1.86. The molecular formula is C27H24F6O2. The summed E-state index contributed by atoms with van der Waals surface area (Å²) in [5, 5.41) is 9.37. The van der Waals surface area contributed by atoms with Crippen LogP contribution < -0.4 is 4.74 Å². The predicted molar refractivity (Wildman–Crippen MR) is 120 cm³/mol. The first kappa shape index (κ1) is 24.9. The van der Waals surface area contributed by atoms with E-state index >= 15 is 0 Å². The van der Waals surface area contributed by atoms with Crippen molar-refractivity contribution >= 4 is 0 Å². The Balaban J connectivity index is 1.55. The van der Waals surface area contributed by atoms with Gasteiger partial charge in [-0.15, -0.1) is 0 Å². The molecule has 0 atom stereocenters. The molecule has 8 heteroatoms. The lowest BCUT2D eigenvalue weighted by molar-refractivity contribution is -0.187. The van der Waals surface area contributed by atoms with E-state index in [0.717, 1.165) is 49.4 Å². The van der Waals surface area contributed by atoms with E-state index in [4.69, 9.17) is 4.74 Å². The zero-order valence-electron chi connectivity index (χ0n) is 18.9. The highest BCUT2D eigenvalue weighted by Gasteiger charge is 2.38. The molecule has 0 saturated heterocycles. The van der Waals surface area contributed by atoms with Gasteiger partial charge >= 0.3 is 6.11 Å². The van der Waals surface area contributed by atoms with Gasteiger partial charge in [-0.3, -0.25) is 0 Å². The van der Waals surface area contributed by atoms with Crippen LogP contribution in [0, 0.1) is 17.6 Å². The largest absolute Gasteiger partial charge is 0.505 e. The molecule has 1 saturated carbocycles. The maximum Gasteiger partial charge on any atom is 0.429 e. The molecule has 3 aromatic rings. The molecule has 1 N–H and O–H groups in total. The Morgan fingerprint density at radius 3 is 2.17 bits per heavy atom. The number of halogens is 6. The lowest BCUT2D eigenvalue weighted by atomic mass is 9.79. The van der Waals surface area contributed by atoms with E-state index in [0.29, 0.717) is 24.0 Å². The van der Waals surface area contributed by atoms with Crippen molar-refractivity contribution in [2.45, 2.75) is 51.1 Å². The molecule has 0 aromatic heterocycles. The molecule has 0 bridgehead atoms. The number of phenols is 1. The monoisotopic (exact) mass is 494 g/mol. The topological polar surface area (TPSA) is 29.5 Å². The Morgan fingerprint density at radius 1 is 0.914 bits per heavy atom. The van der Waals surface area contributed by atoms with E-state index in [-0.39, 0.29) is 11.3 Å². The summed E-state index contributed by atoms with van der Waals surface area (Å²) in [6, 6.07) is 10.4. The van der Waals surface area contributed by atoms with E-state index in [1.54, 1.807) is 12.1 Å². The van der Waals surface area contributed by atoms with Crippen molar-refractivity contribution in [3.63, 3.8) is 0 Å². The molecular weight excluding hydrogens is 470 g/mol. The lowest BCUT2D eigenvalue weighted by Gasteiger charge is -2.26. The van der Waals surface area contributed by atoms with E-state index in [2.05, 4.69) is 6.92 Å². The Kier molecular flexibility index (Phi) is 7.01. The molecule has 2 nitrogen and oxygen atoms in total. The zero-order chi connectivity index (χ0) is 25.3. The minimum absolute atomic E-state index is 0.146. The van der Waals surface area contributed by atoms with Crippen LogP contribution in [0.25, 0.3) is 11.1 Å². The summed E-state index contributed by atoms with van der Waals surface area (Å²) in [4.78, 5) is 0. The van der Waals surface area contributed by atoms with Gasteiger partial charge in [0.25, 0.3) is 6.43 Å². The van der Waals surface area contributed by atoms with Gasteiger partial charge in [-0.05, 0) is 71.7 Å². The van der Waals surface area contributed by atoms with Gasteiger partial charge in [0.05, 0.1) is 11.1 Å². The molecule has 0 amide bonds. The maximum absolute atomic E-state index is 14.8. The number of ether oxygens (including phenoxy) is 1. The third kappa shape index (κ3) is 5.26. The number of hydrogen-bond acceptors (Lipinski definition) is 2. The van der Waals surface area contributed by atoms with Crippen LogP contribution in [-0.2, 0) is 6.11 Å². The Bertz CT molecular complexity index is 1190.